The molecule has 0 spiro atoms. The number of aliphatic hydroxyl groups excluding tert-OH is 1. The Morgan fingerprint density at radius 2 is 1.77 bits per heavy atom. The van der Waals surface area contributed by atoms with Gasteiger partial charge >= 0.3 is 14.0 Å². The molecule has 0 bridgehead atoms. The van der Waals surface area contributed by atoms with Gasteiger partial charge in [0.05, 0.1) is 19.3 Å². The zero-order chi connectivity index (χ0) is 36.1. The Bertz CT molecular complexity index is 1720. The molecule has 12 nitrogen and oxygen atoms in total. The summed E-state index contributed by atoms with van der Waals surface area (Å²) in [7, 11) is -3.18. The Kier molecular flexibility index (Phi) is 12.2. The van der Waals surface area contributed by atoms with E-state index >= 15 is 0 Å². The Morgan fingerprint density at radius 3 is 2.29 bits per heavy atom. The van der Waals surface area contributed by atoms with Gasteiger partial charge in [0.25, 0.3) is 6.33 Å². The third-order valence-corrected chi connectivity index (χ3v) is 7.43. The maximum absolute atomic E-state index is 14.0. The highest BCUT2D eigenvalue weighted by atomic mass is 31.2. The van der Waals surface area contributed by atoms with Crippen LogP contribution in [0.4, 0.5) is 26.3 Å². The molecule has 19 heteroatoms. The maximum Gasteiger partial charge on any atom is 0.472 e. The van der Waals surface area contributed by atoms with Gasteiger partial charge in [0.1, 0.15) is 17.9 Å². The van der Waals surface area contributed by atoms with Crippen molar-refractivity contribution in [3.8, 4) is 11.4 Å². The average molecular weight is 710 g/mol. The smallest absolute Gasteiger partial charge is 0.472 e. The lowest BCUT2D eigenvalue weighted by atomic mass is 9.94. The summed E-state index contributed by atoms with van der Waals surface area (Å²) in [5.74, 6) is -7.43. The van der Waals surface area contributed by atoms with Gasteiger partial charge in [0.15, 0.2) is 28.9 Å². The first-order valence-corrected chi connectivity index (χ1v) is 15.3. The van der Waals surface area contributed by atoms with E-state index < -0.39 is 55.5 Å². The molecule has 4 rings (SSSR count). The van der Waals surface area contributed by atoms with Crippen molar-refractivity contribution in [2.24, 2.45) is 0 Å². The molecule has 48 heavy (non-hydrogen) atoms. The Hall–Kier alpha value is -4.22. The van der Waals surface area contributed by atoms with Gasteiger partial charge in [-0.2, -0.15) is 17.7 Å². The zero-order valence-electron chi connectivity index (χ0n) is 25.4. The van der Waals surface area contributed by atoms with Crippen molar-refractivity contribution in [2.45, 2.75) is 51.7 Å². The maximum atomic E-state index is 14.0. The van der Waals surface area contributed by atoms with Crippen molar-refractivity contribution >= 4 is 25.8 Å². The van der Waals surface area contributed by atoms with Gasteiger partial charge < -0.3 is 34.4 Å². The van der Waals surface area contributed by atoms with Crippen molar-refractivity contribution in [1.29, 1.82) is 0 Å². The molecule has 0 radical (unpaired) electrons. The summed E-state index contributed by atoms with van der Waals surface area (Å²) in [6, 6.07) is 5.68. The lowest BCUT2D eigenvalue weighted by Crippen LogP contribution is -2.43. The van der Waals surface area contributed by atoms with Crippen molar-refractivity contribution < 1.29 is 74.3 Å². The first-order valence-electron chi connectivity index (χ1n) is 13.8. The third kappa shape index (κ3) is 9.67. The fourth-order valence-electron chi connectivity index (χ4n) is 4.85. The molecule has 1 aromatic heterocycles. The summed E-state index contributed by atoms with van der Waals surface area (Å²) in [6.45, 7) is 3.00. The van der Waals surface area contributed by atoms with Crippen LogP contribution in [0.5, 0.6) is 5.75 Å². The zero-order valence-corrected chi connectivity index (χ0v) is 26.3. The summed E-state index contributed by atoms with van der Waals surface area (Å²) in [5.41, 5.74) is 2.25. The molecule has 3 N–H and O–H groups in total. The molecule has 2 heterocycles. The van der Waals surface area contributed by atoms with E-state index in [-0.39, 0.29) is 18.8 Å². The van der Waals surface area contributed by atoms with Crippen LogP contribution in [-0.2, 0) is 25.4 Å². The summed E-state index contributed by atoms with van der Waals surface area (Å²) in [4.78, 5) is 41.6. The Labute approximate surface area is 269 Å². The molecule has 1 aliphatic heterocycles. The minimum absolute atomic E-state index is 0.0533. The highest BCUT2D eigenvalue weighted by Crippen LogP contribution is 2.36. The van der Waals surface area contributed by atoms with E-state index in [1.165, 1.54) is 23.5 Å². The van der Waals surface area contributed by atoms with E-state index in [1.807, 2.05) is 0 Å². The van der Waals surface area contributed by atoms with Crippen LogP contribution in [0.1, 0.15) is 42.6 Å². The monoisotopic (exact) mass is 709 g/mol. The number of aryl methyl sites for hydroxylation is 1. The number of benzene rings is 2. The minimum atomic E-state index is -5.19. The molecule has 2 atom stereocenters. The minimum Gasteiger partial charge on any atom is -0.542 e. The van der Waals surface area contributed by atoms with Crippen LogP contribution in [0.25, 0.3) is 11.8 Å². The molecule has 1 aliphatic rings. The number of carbonyl (C=O) groups excluding carboxylic acids is 2. The van der Waals surface area contributed by atoms with Crippen molar-refractivity contribution in [1.82, 2.24) is 9.47 Å². The molecule has 0 unspecified atom stereocenters. The number of piperidine rings is 1. The van der Waals surface area contributed by atoms with Crippen molar-refractivity contribution in [3.05, 3.63) is 82.7 Å². The van der Waals surface area contributed by atoms with Crippen LogP contribution in [0, 0.1) is 24.4 Å². The first-order chi connectivity index (χ1) is 22.2. The highest BCUT2D eigenvalue weighted by molar-refractivity contribution is 7.46. The topological polar surface area (TPSA) is 165 Å². The number of hydrogen-bond acceptors (Lipinski definition) is 7. The number of alkyl halides is 3. The number of phosphoric ester groups is 1. The number of imidazole rings is 1. The van der Waals surface area contributed by atoms with Crippen LogP contribution in [0.15, 0.2) is 48.4 Å². The number of aliphatic hydroxyl groups is 1. The van der Waals surface area contributed by atoms with Crippen molar-refractivity contribution in [2.75, 3.05) is 13.7 Å². The highest BCUT2D eigenvalue weighted by Gasteiger charge is 2.34. The van der Waals surface area contributed by atoms with Gasteiger partial charge in [0, 0.05) is 19.0 Å². The average Bonchev–Trinajstić information content (AvgIpc) is 3.36. The number of carboxylic acids is 1. The molecule has 1 amide bonds. The van der Waals surface area contributed by atoms with Gasteiger partial charge in [-0.05, 0) is 61.2 Å². The normalized spacial score (nSPS) is 16.0. The SMILES string of the molecule is COc1cc(/C=C2\CCCN([C@H](c3cc(F)c(F)c(F)c3)[C@@H](C)O)C2=O)ccc1-[n+]1cc(C)n(COP(=O)(O)O)c1.O=C([O-])C(F)(F)F. The number of carboxylic acid groups (broad SMARTS) is 1. The number of amides is 1. The van der Waals surface area contributed by atoms with E-state index in [0.29, 0.717) is 41.1 Å². The molecule has 1 fully saturated rings. The number of carbonyl (C=O) groups is 2. The largest absolute Gasteiger partial charge is 0.542 e. The summed E-state index contributed by atoms with van der Waals surface area (Å²) < 4.78 is 97.4. The lowest BCUT2D eigenvalue weighted by molar-refractivity contribution is -0.596. The molecule has 2 aromatic carbocycles. The number of ether oxygens (including phenoxy) is 1. The molecule has 1 saturated heterocycles. The Balaban J connectivity index is 0.000000804. The number of hydrogen-bond donors (Lipinski definition) is 3. The summed E-state index contributed by atoms with van der Waals surface area (Å²) >= 11 is 0. The van der Waals surface area contributed by atoms with E-state index in [9.17, 15) is 40.8 Å². The number of aliphatic carboxylic acids is 1. The number of phosphoric acid groups is 1. The van der Waals surface area contributed by atoms with Crippen LogP contribution in [-0.4, -0.2) is 62.2 Å². The van der Waals surface area contributed by atoms with Crippen molar-refractivity contribution in [3.63, 3.8) is 0 Å². The lowest BCUT2D eigenvalue weighted by Gasteiger charge is -2.37. The van der Waals surface area contributed by atoms with Gasteiger partial charge in [-0.15, -0.1) is 0 Å². The second-order valence-corrected chi connectivity index (χ2v) is 11.7. The predicted octanol–water partition coefficient (Wildman–Crippen LogP) is 2.99. The van der Waals surface area contributed by atoms with Crippen LogP contribution < -0.4 is 14.4 Å². The molecule has 0 saturated carbocycles. The number of likely N-dealkylation sites (tertiary alicyclic amines) is 1. The van der Waals surface area contributed by atoms with Gasteiger partial charge in [0.2, 0.25) is 12.6 Å². The van der Waals surface area contributed by atoms with Crippen LogP contribution in [0.3, 0.4) is 0 Å². The molecule has 262 valence electrons. The number of aromatic nitrogens is 2. The quantitative estimate of drug-likeness (QED) is 0.0996. The Morgan fingerprint density at radius 1 is 1.17 bits per heavy atom. The van der Waals surface area contributed by atoms with E-state index in [1.54, 1.807) is 48.3 Å². The molecule has 3 aromatic rings. The van der Waals surface area contributed by atoms with E-state index in [2.05, 4.69) is 4.52 Å². The summed E-state index contributed by atoms with van der Waals surface area (Å²) in [6.07, 6.45) is -0.460. The fraction of sp³-hybridized carbons (Fsp3) is 0.345. The molecular formula is C29H30F6N3O9P. The number of halogens is 6. The molecule has 0 aliphatic carbocycles. The van der Waals surface area contributed by atoms with Gasteiger partial charge in [-0.3, -0.25) is 4.79 Å². The second-order valence-electron chi connectivity index (χ2n) is 10.5. The number of rotatable bonds is 9. The predicted molar refractivity (Wildman–Crippen MR) is 151 cm³/mol. The number of nitrogens with zero attached hydrogens (tertiary/aromatic N) is 3. The van der Waals surface area contributed by atoms with Crippen LogP contribution in [0.2, 0.25) is 0 Å². The van der Waals surface area contributed by atoms with Crippen LogP contribution >= 0.6 is 7.82 Å². The van der Waals surface area contributed by atoms with E-state index in [0.717, 1.165) is 12.1 Å². The first kappa shape index (κ1) is 38.2. The summed E-state index contributed by atoms with van der Waals surface area (Å²) in [5, 5.41) is 19.2. The van der Waals surface area contributed by atoms with Gasteiger partial charge in [-0.25, -0.2) is 26.8 Å². The number of methoxy groups -OCH3 is 1. The third-order valence-electron chi connectivity index (χ3n) is 6.98. The van der Waals surface area contributed by atoms with E-state index in [4.69, 9.17) is 24.4 Å². The fourth-order valence-corrected chi connectivity index (χ4v) is 5.12. The standard InChI is InChI=1S/C27H29F3N3O7P.C2HF3O2/c1-16-13-31(14-32(16)15-40-41(36,37)38)23-7-6-18(10-24(23)39-3)9-19-5-4-8-33(27(19)35)26(17(2)34)20-11-21(28)25(30)22(29)12-20;3-2(4,5)1(6)7/h6-7,9-14,17,26,34H,4-5,8,15H2,1-3H3,(H-,36,37,38);(H,6,7)/b19-9+;/t17-,26+;/m1./s1. The molecular weight excluding hydrogens is 679 g/mol. The van der Waals surface area contributed by atoms with Gasteiger partial charge in [-0.1, -0.05) is 6.07 Å². The second kappa shape index (κ2) is 15.3.